The number of aliphatic hydroxyl groups is 1. The lowest BCUT2D eigenvalue weighted by Crippen LogP contribution is -2.28. The highest BCUT2D eigenvalue weighted by atomic mass is 16.2. The van der Waals surface area contributed by atoms with Crippen molar-refractivity contribution in [2.75, 3.05) is 20.2 Å². The number of unbranched alkanes of at least 4 members (excludes halogenated alkanes) is 2. The number of amides is 1. The van der Waals surface area contributed by atoms with Gasteiger partial charge in [0.05, 0.1) is 0 Å². The van der Waals surface area contributed by atoms with E-state index in [1.54, 1.807) is 4.90 Å². The number of benzene rings is 1. The third kappa shape index (κ3) is 4.15. The summed E-state index contributed by atoms with van der Waals surface area (Å²) in [6, 6.07) is 5.96. The Morgan fingerprint density at radius 1 is 1.22 bits per heavy atom. The molecule has 0 spiro atoms. The molecule has 3 heteroatoms. The summed E-state index contributed by atoms with van der Waals surface area (Å²) in [5.41, 5.74) is 2.92. The van der Waals surface area contributed by atoms with Gasteiger partial charge < -0.3 is 10.0 Å². The molecule has 100 valence electrons. The van der Waals surface area contributed by atoms with Crippen LogP contribution < -0.4 is 0 Å². The molecular weight excluding hydrogens is 226 g/mol. The number of rotatable bonds is 6. The summed E-state index contributed by atoms with van der Waals surface area (Å²) < 4.78 is 0. The first-order valence-corrected chi connectivity index (χ1v) is 6.50. The van der Waals surface area contributed by atoms with Crippen molar-refractivity contribution < 1.29 is 9.90 Å². The van der Waals surface area contributed by atoms with Crippen LogP contribution >= 0.6 is 0 Å². The highest BCUT2D eigenvalue weighted by molar-refractivity contribution is 5.95. The first-order valence-electron chi connectivity index (χ1n) is 6.50. The average Bonchev–Trinajstić information content (AvgIpc) is 2.36. The summed E-state index contributed by atoms with van der Waals surface area (Å²) >= 11 is 0. The molecule has 0 aliphatic heterocycles. The van der Waals surface area contributed by atoms with Crippen molar-refractivity contribution in [2.24, 2.45) is 0 Å². The first-order chi connectivity index (χ1) is 8.56. The minimum absolute atomic E-state index is 0.0835. The van der Waals surface area contributed by atoms with Crippen molar-refractivity contribution in [3.8, 4) is 0 Å². The minimum Gasteiger partial charge on any atom is -0.396 e. The number of aryl methyl sites for hydroxylation is 2. The average molecular weight is 249 g/mol. The number of carbonyl (C=O) groups is 1. The normalized spacial score (nSPS) is 10.4. The Labute approximate surface area is 109 Å². The Kier molecular flexibility index (Phi) is 5.86. The van der Waals surface area contributed by atoms with E-state index >= 15 is 0 Å². The molecule has 1 aromatic rings. The fourth-order valence-corrected chi connectivity index (χ4v) is 1.91. The summed E-state index contributed by atoms with van der Waals surface area (Å²) in [5, 5.41) is 8.71. The van der Waals surface area contributed by atoms with Gasteiger partial charge in [0.1, 0.15) is 0 Å². The second-order valence-corrected chi connectivity index (χ2v) is 4.83. The predicted molar refractivity (Wildman–Crippen MR) is 73.8 cm³/mol. The van der Waals surface area contributed by atoms with Gasteiger partial charge in [0.25, 0.3) is 5.91 Å². The smallest absolute Gasteiger partial charge is 0.253 e. The van der Waals surface area contributed by atoms with Crippen LogP contribution in [0, 0.1) is 13.8 Å². The third-order valence-corrected chi connectivity index (χ3v) is 3.12. The Morgan fingerprint density at radius 3 is 2.61 bits per heavy atom. The topological polar surface area (TPSA) is 40.5 Å². The SMILES string of the molecule is Cc1ccc(C)c(C(=O)N(C)CCCCCO)c1. The molecule has 0 fully saturated rings. The molecule has 0 unspecified atom stereocenters. The maximum atomic E-state index is 12.3. The van der Waals surface area contributed by atoms with Crippen LogP contribution in [0.1, 0.15) is 40.7 Å². The van der Waals surface area contributed by atoms with Crippen LogP contribution in [0.25, 0.3) is 0 Å². The number of nitrogens with zero attached hydrogens (tertiary/aromatic N) is 1. The van der Waals surface area contributed by atoms with E-state index in [0.717, 1.165) is 42.5 Å². The lowest BCUT2D eigenvalue weighted by atomic mass is 10.0. The zero-order valence-electron chi connectivity index (χ0n) is 11.6. The van der Waals surface area contributed by atoms with Crippen molar-refractivity contribution in [3.05, 3.63) is 34.9 Å². The Morgan fingerprint density at radius 2 is 1.94 bits per heavy atom. The minimum atomic E-state index is 0.0835. The van der Waals surface area contributed by atoms with Crippen molar-refractivity contribution in [2.45, 2.75) is 33.1 Å². The molecule has 0 aliphatic rings. The lowest BCUT2D eigenvalue weighted by molar-refractivity contribution is 0.0791. The number of aliphatic hydroxyl groups excluding tert-OH is 1. The molecule has 0 heterocycles. The summed E-state index contributed by atoms with van der Waals surface area (Å²) in [4.78, 5) is 14.0. The van der Waals surface area contributed by atoms with Crippen LogP contribution in [0.3, 0.4) is 0 Å². The van der Waals surface area contributed by atoms with Gasteiger partial charge in [-0.2, -0.15) is 0 Å². The second kappa shape index (κ2) is 7.17. The van der Waals surface area contributed by atoms with Gasteiger partial charge >= 0.3 is 0 Å². The van der Waals surface area contributed by atoms with Gasteiger partial charge in [0.15, 0.2) is 0 Å². The maximum Gasteiger partial charge on any atom is 0.253 e. The fourth-order valence-electron chi connectivity index (χ4n) is 1.91. The van der Waals surface area contributed by atoms with Crippen LogP contribution in [0.4, 0.5) is 0 Å². The molecule has 0 saturated heterocycles. The number of carbonyl (C=O) groups excluding carboxylic acids is 1. The molecule has 0 atom stereocenters. The predicted octanol–water partition coefficient (Wildman–Crippen LogP) is 2.54. The molecule has 0 bridgehead atoms. The second-order valence-electron chi connectivity index (χ2n) is 4.83. The van der Waals surface area contributed by atoms with E-state index in [0.29, 0.717) is 0 Å². The van der Waals surface area contributed by atoms with E-state index in [1.165, 1.54) is 0 Å². The highest BCUT2D eigenvalue weighted by Crippen LogP contribution is 2.13. The van der Waals surface area contributed by atoms with E-state index in [1.807, 2.05) is 39.1 Å². The lowest BCUT2D eigenvalue weighted by Gasteiger charge is -2.18. The molecule has 0 aromatic heterocycles. The molecule has 1 N–H and O–H groups in total. The molecule has 1 amide bonds. The summed E-state index contributed by atoms with van der Waals surface area (Å²) in [5.74, 6) is 0.0835. The van der Waals surface area contributed by atoms with Gasteiger partial charge in [0, 0.05) is 25.8 Å². The Bertz CT molecular complexity index is 401. The van der Waals surface area contributed by atoms with Gasteiger partial charge in [-0.25, -0.2) is 0 Å². The molecule has 3 nitrogen and oxygen atoms in total. The van der Waals surface area contributed by atoms with Crippen molar-refractivity contribution in [1.82, 2.24) is 4.90 Å². The van der Waals surface area contributed by atoms with Crippen LogP contribution in [-0.4, -0.2) is 36.1 Å². The summed E-state index contributed by atoms with van der Waals surface area (Å²) in [6.45, 7) is 4.94. The summed E-state index contributed by atoms with van der Waals surface area (Å²) in [7, 11) is 1.84. The third-order valence-electron chi connectivity index (χ3n) is 3.12. The molecule has 0 aliphatic carbocycles. The van der Waals surface area contributed by atoms with Crippen LogP contribution in [0.5, 0.6) is 0 Å². The van der Waals surface area contributed by atoms with Gasteiger partial charge in [-0.1, -0.05) is 17.7 Å². The monoisotopic (exact) mass is 249 g/mol. The fraction of sp³-hybridized carbons (Fsp3) is 0.533. The van der Waals surface area contributed by atoms with E-state index in [2.05, 4.69) is 0 Å². The zero-order chi connectivity index (χ0) is 13.5. The summed E-state index contributed by atoms with van der Waals surface area (Å²) in [6.07, 6.45) is 2.71. The van der Waals surface area contributed by atoms with Crippen molar-refractivity contribution in [1.29, 1.82) is 0 Å². The van der Waals surface area contributed by atoms with Crippen LogP contribution in [0.15, 0.2) is 18.2 Å². The highest BCUT2D eigenvalue weighted by Gasteiger charge is 2.13. The van der Waals surface area contributed by atoms with E-state index in [-0.39, 0.29) is 12.5 Å². The molecular formula is C15H23NO2. The Balaban J connectivity index is 2.60. The Hall–Kier alpha value is -1.35. The maximum absolute atomic E-state index is 12.3. The molecule has 1 rings (SSSR count). The van der Waals surface area contributed by atoms with E-state index in [9.17, 15) is 4.79 Å². The van der Waals surface area contributed by atoms with Gasteiger partial charge in [-0.05, 0) is 44.7 Å². The van der Waals surface area contributed by atoms with Gasteiger partial charge in [-0.15, -0.1) is 0 Å². The largest absolute Gasteiger partial charge is 0.396 e. The molecule has 0 radical (unpaired) electrons. The molecule has 1 aromatic carbocycles. The zero-order valence-corrected chi connectivity index (χ0v) is 11.6. The quantitative estimate of drug-likeness (QED) is 0.787. The molecule has 18 heavy (non-hydrogen) atoms. The van der Waals surface area contributed by atoms with Crippen LogP contribution in [0.2, 0.25) is 0 Å². The van der Waals surface area contributed by atoms with Gasteiger partial charge in [0.2, 0.25) is 0 Å². The molecule has 0 saturated carbocycles. The number of hydrogen-bond acceptors (Lipinski definition) is 2. The number of hydrogen-bond donors (Lipinski definition) is 1. The van der Waals surface area contributed by atoms with Crippen molar-refractivity contribution >= 4 is 5.91 Å². The first kappa shape index (κ1) is 14.7. The van der Waals surface area contributed by atoms with E-state index in [4.69, 9.17) is 5.11 Å². The van der Waals surface area contributed by atoms with Crippen molar-refractivity contribution in [3.63, 3.8) is 0 Å². The van der Waals surface area contributed by atoms with Crippen LogP contribution in [-0.2, 0) is 0 Å². The standard InChI is InChI=1S/C15H23NO2/c1-12-7-8-13(2)14(11-12)15(18)16(3)9-5-4-6-10-17/h7-8,11,17H,4-6,9-10H2,1-3H3. The van der Waals surface area contributed by atoms with Gasteiger partial charge in [-0.3, -0.25) is 4.79 Å². The van der Waals surface area contributed by atoms with E-state index < -0.39 is 0 Å².